The van der Waals surface area contributed by atoms with Crippen molar-refractivity contribution in [3.05, 3.63) is 64.8 Å². The van der Waals surface area contributed by atoms with Gasteiger partial charge in [-0.05, 0) is 42.0 Å². The summed E-state index contributed by atoms with van der Waals surface area (Å²) in [6.07, 6.45) is 4.98. The number of carbonyl (C=O) groups excluding carboxylic acids is 2. The predicted molar refractivity (Wildman–Crippen MR) is 107 cm³/mol. The number of amides is 2. The Morgan fingerprint density at radius 3 is 2.71 bits per heavy atom. The van der Waals surface area contributed by atoms with Gasteiger partial charge in [0.1, 0.15) is 0 Å². The summed E-state index contributed by atoms with van der Waals surface area (Å²) in [5, 5.41) is 7.57. The van der Waals surface area contributed by atoms with E-state index in [-0.39, 0.29) is 17.7 Å². The van der Waals surface area contributed by atoms with E-state index in [0.29, 0.717) is 11.3 Å². The van der Waals surface area contributed by atoms with Gasteiger partial charge in [0.15, 0.2) is 0 Å². The number of hydrogen-bond acceptors (Lipinski definition) is 4. The molecule has 7 heteroatoms. The number of carbonyl (C=O) groups is 2. The summed E-state index contributed by atoms with van der Waals surface area (Å²) >= 11 is 0. The van der Waals surface area contributed by atoms with Crippen molar-refractivity contribution in [1.82, 2.24) is 10.4 Å². The highest BCUT2D eigenvalue weighted by Gasteiger charge is 2.31. The van der Waals surface area contributed by atoms with Crippen LogP contribution in [0.25, 0.3) is 10.9 Å². The molecule has 1 aliphatic carbocycles. The lowest BCUT2D eigenvalue weighted by atomic mass is 9.96. The molecule has 0 saturated heterocycles. The van der Waals surface area contributed by atoms with E-state index in [1.54, 1.807) is 18.5 Å². The standard InChI is InChI=1S/C21H19N5O2/c22-19(13-5-11-3-1-2-4-12(11)6-13)21(28)25-15-7-16-18-14(9-23-17(18)8-15)10-24-26-20(16)27/h1-4,7-10,13,19,23H,5-6,22H2,(H,25,28)(H,26,27). The lowest BCUT2D eigenvalue weighted by molar-refractivity contribution is -0.118. The Hall–Kier alpha value is -3.45. The molecule has 1 aromatic heterocycles. The SMILES string of the molecule is NC(C(=O)Nc1cc2c3c(c[nH]c3c1)C=NNC2=O)C1Cc2ccccc2C1. The molecule has 28 heavy (non-hydrogen) atoms. The maximum atomic E-state index is 12.8. The molecule has 0 spiro atoms. The van der Waals surface area contributed by atoms with Crippen LogP contribution in [0.5, 0.6) is 0 Å². The molecular formula is C21H19N5O2. The van der Waals surface area contributed by atoms with Crippen molar-refractivity contribution in [1.29, 1.82) is 0 Å². The lowest BCUT2D eigenvalue weighted by Crippen LogP contribution is -2.42. The molecule has 1 aliphatic heterocycles. The number of nitrogens with two attached hydrogens (primary N) is 1. The van der Waals surface area contributed by atoms with Gasteiger partial charge >= 0.3 is 0 Å². The molecule has 2 aliphatic rings. The van der Waals surface area contributed by atoms with Gasteiger partial charge in [-0.15, -0.1) is 0 Å². The molecule has 2 aromatic carbocycles. The van der Waals surface area contributed by atoms with Crippen LogP contribution in [0.4, 0.5) is 5.69 Å². The first-order valence-corrected chi connectivity index (χ1v) is 9.22. The summed E-state index contributed by atoms with van der Waals surface area (Å²) in [6, 6.07) is 11.0. The third-order valence-electron chi connectivity index (χ3n) is 5.59. The fourth-order valence-electron chi connectivity index (χ4n) is 4.15. The summed E-state index contributed by atoms with van der Waals surface area (Å²) < 4.78 is 0. The molecule has 0 bridgehead atoms. The number of nitrogens with one attached hydrogen (secondary N) is 3. The van der Waals surface area contributed by atoms with Crippen molar-refractivity contribution in [2.24, 2.45) is 16.8 Å². The van der Waals surface area contributed by atoms with Crippen molar-refractivity contribution in [2.45, 2.75) is 18.9 Å². The van der Waals surface area contributed by atoms with Crippen LogP contribution in [0.15, 0.2) is 47.7 Å². The summed E-state index contributed by atoms with van der Waals surface area (Å²) in [5.74, 6) is -0.496. The maximum absolute atomic E-state index is 12.8. The zero-order valence-corrected chi connectivity index (χ0v) is 15.0. The molecule has 5 N–H and O–H groups in total. The van der Waals surface area contributed by atoms with Crippen LogP contribution in [-0.2, 0) is 17.6 Å². The van der Waals surface area contributed by atoms with Crippen molar-refractivity contribution >= 4 is 34.6 Å². The molecule has 0 radical (unpaired) electrons. The Morgan fingerprint density at radius 2 is 1.96 bits per heavy atom. The summed E-state index contributed by atoms with van der Waals surface area (Å²) in [4.78, 5) is 28.2. The molecule has 2 amide bonds. The predicted octanol–water partition coefficient (Wildman–Crippen LogP) is 1.93. The number of aromatic amines is 1. The van der Waals surface area contributed by atoms with Gasteiger partial charge < -0.3 is 16.0 Å². The number of nitrogens with zero attached hydrogens (tertiary/aromatic N) is 1. The van der Waals surface area contributed by atoms with E-state index in [0.717, 1.165) is 29.3 Å². The van der Waals surface area contributed by atoms with Crippen LogP contribution in [0.1, 0.15) is 27.0 Å². The summed E-state index contributed by atoms with van der Waals surface area (Å²) in [5.41, 5.74) is 13.8. The van der Waals surface area contributed by atoms with Gasteiger partial charge in [0, 0.05) is 28.4 Å². The van der Waals surface area contributed by atoms with E-state index >= 15 is 0 Å². The third kappa shape index (κ3) is 2.68. The van der Waals surface area contributed by atoms with E-state index in [4.69, 9.17) is 5.73 Å². The summed E-state index contributed by atoms with van der Waals surface area (Å²) in [6.45, 7) is 0. The normalized spacial score (nSPS) is 16.5. The van der Waals surface area contributed by atoms with Gasteiger partial charge in [0.25, 0.3) is 5.91 Å². The zero-order valence-electron chi connectivity index (χ0n) is 15.0. The van der Waals surface area contributed by atoms with E-state index in [9.17, 15) is 9.59 Å². The van der Waals surface area contributed by atoms with Crippen LogP contribution in [0.2, 0.25) is 0 Å². The van der Waals surface area contributed by atoms with Crippen molar-refractivity contribution in [2.75, 3.05) is 5.32 Å². The molecule has 0 fully saturated rings. The van der Waals surface area contributed by atoms with Crippen molar-refractivity contribution in [3.63, 3.8) is 0 Å². The highest BCUT2D eigenvalue weighted by atomic mass is 16.2. The maximum Gasteiger partial charge on any atom is 0.272 e. The number of anilines is 1. The smallest absolute Gasteiger partial charge is 0.272 e. The number of H-pyrrole nitrogens is 1. The molecular weight excluding hydrogens is 354 g/mol. The van der Waals surface area contributed by atoms with Gasteiger partial charge in [-0.1, -0.05) is 24.3 Å². The van der Waals surface area contributed by atoms with E-state index in [1.807, 2.05) is 18.2 Å². The van der Waals surface area contributed by atoms with Gasteiger partial charge in [-0.25, -0.2) is 5.43 Å². The first kappa shape index (κ1) is 16.7. The van der Waals surface area contributed by atoms with Gasteiger partial charge in [-0.3, -0.25) is 9.59 Å². The first-order chi connectivity index (χ1) is 13.6. The van der Waals surface area contributed by atoms with Crippen LogP contribution < -0.4 is 16.5 Å². The average Bonchev–Trinajstić information content (AvgIpc) is 3.26. The molecule has 1 unspecified atom stereocenters. The second-order valence-electron chi connectivity index (χ2n) is 7.34. The Labute approximate surface area is 161 Å². The van der Waals surface area contributed by atoms with Crippen LogP contribution >= 0.6 is 0 Å². The van der Waals surface area contributed by atoms with Gasteiger partial charge in [0.05, 0.1) is 17.8 Å². The Balaban J connectivity index is 1.39. The largest absolute Gasteiger partial charge is 0.360 e. The molecule has 140 valence electrons. The van der Waals surface area contributed by atoms with Crippen LogP contribution in [-0.4, -0.2) is 29.1 Å². The molecule has 0 saturated carbocycles. The van der Waals surface area contributed by atoms with Gasteiger partial charge in [-0.2, -0.15) is 5.10 Å². The molecule has 2 heterocycles. The third-order valence-corrected chi connectivity index (χ3v) is 5.59. The number of hydrogen-bond donors (Lipinski definition) is 4. The van der Waals surface area contributed by atoms with Crippen LogP contribution in [0.3, 0.4) is 0 Å². The highest BCUT2D eigenvalue weighted by molar-refractivity contribution is 6.15. The fraction of sp³-hybridized carbons (Fsp3) is 0.190. The summed E-state index contributed by atoms with van der Waals surface area (Å²) in [7, 11) is 0. The first-order valence-electron chi connectivity index (χ1n) is 9.22. The monoisotopic (exact) mass is 373 g/mol. The second kappa shape index (κ2) is 6.31. The quantitative estimate of drug-likeness (QED) is 0.563. The number of hydrazone groups is 1. The molecule has 1 atom stereocenters. The Morgan fingerprint density at radius 1 is 1.21 bits per heavy atom. The molecule has 5 rings (SSSR count). The Kier molecular flexibility index (Phi) is 3.77. The van der Waals surface area contributed by atoms with Crippen molar-refractivity contribution in [3.8, 4) is 0 Å². The number of fused-ring (bicyclic) bond motifs is 1. The van der Waals surface area contributed by atoms with E-state index in [2.05, 4.69) is 33.0 Å². The minimum absolute atomic E-state index is 0.0662. The topological polar surface area (TPSA) is 112 Å². The van der Waals surface area contributed by atoms with Gasteiger partial charge in [0.2, 0.25) is 5.91 Å². The number of rotatable bonds is 3. The lowest BCUT2D eigenvalue weighted by Gasteiger charge is -2.18. The second-order valence-corrected chi connectivity index (χ2v) is 7.34. The van der Waals surface area contributed by atoms with E-state index in [1.165, 1.54) is 11.1 Å². The average molecular weight is 373 g/mol. The number of aromatic nitrogens is 1. The fourth-order valence-corrected chi connectivity index (χ4v) is 4.15. The Bertz CT molecular complexity index is 1120. The minimum Gasteiger partial charge on any atom is -0.360 e. The van der Waals surface area contributed by atoms with Crippen LogP contribution in [0, 0.1) is 5.92 Å². The van der Waals surface area contributed by atoms with Crippen molar-refractivity contribution < 1.29 is 9.59 Å². The number of benzene rings is 2. The zero-order chi connectivity index (χ0) is 19.3. The molecule has 7 nitrogen and oxygen atoms in total. The van der Waals surface area contributed by atoms with E-state index < -0.39 is 6.04 Å². The highest BCUT2D eigenvalue weighted by Crippen LogP contribution is 2.30. The molecule has 3 aromatic rings. The minimum atomic E-state index is -0.626.